The lowest BCUT2D eigenvalue weighted by Crippen LogP contribution is -2.00. The third-order valence-electron chi connectivity index (χ3n) is 23.6. The van der Waals surface area contributed by atoms with Gasteiger partial charge in [0.25, 0.3) is 0 Å². The topological polar surface area (TPSA) is 123 Å². The van der Waals surface area contributed by atoms with E-state index in [0.29, 0.717) is 40.1 Å². The van der Waals surface area contributed by atoms with Gasteiger partial charge >= 0.3 is 0 Å². The zero-order valence-corrected chi connectivity index (χ0v) is 72.8. The van der Waals surface area contributed by atoms with Gasteiger partial charge in [-0.2, -0.15) is 0 Å². The Bertz CT molecular complexity index is 12300. The Hall–Kier alpha value is -18.8. The van der Waals surface area contributed by atoms with Gasteiger partial charge in [-0.15, -0.1) is 0 Å². The number of aromatic nitrogens is 10. The number of nitrogens with zero attached hydrogens (tertiary/aromatic N) is 10. The molecule has 0 amide bonds. The third-order valence-corrected chi connectivity index (χ3v) is 23.6. The van der Waals surface area contributed by atoms with Gasteiger partial charge in [-0.25, -0.2) is 29.9 Å². The van der Waals surface area contributed by atoms with E-state index in [1.165, 1.54) is 16.1 Å². The standard InChI is InChI=1S/C49H34N2.C40H26N4O.C39H24N4O/c1-33-22-25-43-45-32-39(24-27-48(45)51(49(43)28-33)41-19-11-17-37(30-41)35-14-6-3-7-15-35)38-23-26-47-44(31-38)42-20-8-9-21-46(42)50(47)40-18-10-16-36(29-40)34-12-4-2-5-13-34;1-25-15-17-27(18-16-25)39-41-38(26-9-3-2-4-10-26)42-40(43-39)28-19-21-29(22-20-28)44-34-13-7-5-11-30(34)32-23-24-33-31-12-6-8-14-35(31)45-37(33)36(32)44;1-3-11-25(12-4-1)37-40-38(26-13-5-2-6-14-26)42-39(41-37)27-19-21-28(22-20-27)43-33-17-9-7-15-29(33)31-23-24-32-30-16-8-10-18-34(30)44-36(32)35(31)43/h2-32H,1H3;2-24H,1H3;1-24H/i8D,9D,20D,21D,22D,23D,24D,25D,26D,27D,28D,31D,32D;2D,3D,4D,5D,6D,7D,8D,9D,10D,11D,12D,13D,14D,15D,16D,17D,18D,19D,20D,21D,22D,23D,24D;7D,8D,9D,10D,15D,16D,17D,18D,23D,24D. The first kappa shape index (κ1) is 47.4. The van der Waals surface area contributed by atoms with Crippen LogP contribution in [0.3, 0.4) is 0 Å². The van der Waals surface area contributed by atoms with E-state index in [0.717, 1.165) is 37.9 Å². The Morgan fingerprint density at radius 3 is 0.993 bits per heavy atom. The highest BCUT2D eigenvalue weighted by Gasteiger charge is 2.25. The van der Waals surface area contributed by atoms with Crippen LogP contribution in [0.5, 0.6) is 0 Å². The number of hydrogen-bond donors (Lipinski definition) is 0. The maximum atomic E-state index is 9.88. The quantitative estimate of drug-likeness (QED) is 0.112. The fraction of sp³-hybridized carbons (Fsp3) is 0.0156. The minimum atomic E-state index is -0.979. The Balaban J connectivity index is 0.000000134. The van der Waals surface area contributed by atoms with E-state index < -0.39 is 321 Å². The van der Waals surface area contributed by atoms with Gasteiger partial charge in [0, 0.05) is 121 Å². The van der Waals surface area contributed by atoms with Crippen LogP contribution in [-0.2, 0) is 0 Å². The Morgan fingerprint density at radius 1 is 0.193 bits per heavy atom. The molecule has 12 nitrogen and oxygen atoms in total. The van der Waals surface area contributed by atoms with Crippen molar-refractivity contribution in [3.05, 3.63) is 483 Å². The second-order valence-electron chi connectivity index (χ2n) is 32.1. The van der Waals surface area contributed by atoms with Crippen LogP contribution in [0.4, 0.5) is 0 Å². The van der Waals surface area contributed by atoms with Crippen molar-refractivity contribution >= 4 is 131 Å². The van der Waals surface area contributed by atoms with Crippen LogP contribution in [0.15, 0.2) is 481 Å². The molecule has 8 heterocycles. The van der Waals surface area contributed by atoms with E-state index in [1.54, 1.807) is 66.1 Å². The average Bonchev–Trinajstić information content (AvgIpc) is 1.52. The molecule has 28 rings (SSSR count). The molecule has 0 unspecified atom stereocenters. The summed E-state index contributed by atoms with van der Waals surface area (Å²) in [7, 11) is 0. The number of benzene rings is 20. The van der Waals surface area contributed by atoms with Gasteiger partial charge in [-0.05, 0) is 198 Å². The number of para-hydroxylation sites is 5. The Morgan fingerprint density at radius 2 is 0.521 bits per heavy atom. The summed E-state index contributed by atoms with van der Waals surface area (Å²) >= 11 is 0. The Labute approximate surface area is 869 Å². The molecule has 20 aromatic carbocycles. The molecule has 0 bridgehead atoms. The second-order valence-corrected chi connectivity index (χ2v) is 32.1. The van der Waals surface area contributed by atoms with Crippen molar-refractivity contribution in [2.24, 2.45) is 0 Å². The second kappa shape index (κ2) is 34.3. The highest BCUT2D eigenvalue weighted by Crippen LogP contribution is 2.46. The first-order valence-corrected chi connectivity index (χ1v) is 43.5. The van der Waals surface area contributed by atoms with Gasteiger partial charge in [0.15, 0.2) is 46.1 Å². The summed E-state index contributed by atoms with van der Waals surface area (Å²) in [5.41, 5.74) is 1.56. The summed E-state index contributed by atoms with van der Waals surface area (Å²) < 4.78 is 427. The minimum absolute atomic E-state index is 0.00189. The molecule has 12 heteroatoms. The predicted molar refractivity (Wildman–Crippen MR) is 576 cm³/mol. The first-order chi connectivity index (χ1) is 88.4. The van der Waals surface area contributed by atoms with E-state index in [9.17, 15) is 19.2 Å². The van der Waals surface area contributed by atoms with E-state index in [2.05, 4.69) is 15.0 Å². The number of furan rings is 2. The molecule has 658 valence electrons. The van der Waals surface area contributed by atoms with E-state index in [-0.39, 0.29) is 151 Å². The zero-order chi connectivity index (χ0) is 133. The molecule has 0 atom stereocenters. The van der Waals surface area contributed by atoms with Crippen LogP contribution in [0.25, 0.3) is 256 Å². The van der Waals surface area contributed by atoms with E-state index >= 15 is 0 Å². The number of fused-ring (bicyclic) bond motifs is 20. The molecule has 0 aliphatic heterocycles. The van der Waals surface area contributed by atoms with E-state index in [4.69, 9.17) is 67.7 Å². The molecule has 140 heavy (non-hydrogen) atoms. The summed E-state index contributed by atoms with van der Waals surface area (Å²) in [6, 6.07) is 31.5. The molecule has 0 fully saturated rings. The SMILES string of the molecule is [2H]c1c([2H])c([2H])c(-c2nc(-c3c([2H])c([2H])c(C)c([2H])c3[2H])nc(-c3c([2H])c([2H])c(-n4c5c([2H])c([2H])c([2H])c([2H])c5c5c([2H])c([2H])c6c(oc7c([2H])c([2H])c([2H])c([2H])c76)c54)c([2H])c3[2H])n2)c([2H])c1[2H].[2H]c1c([2H])c([2H])c2c(c1[2H])c1c([2H])c(-c3c([2H])c([2H])c4c(c3[2H])c3c([2H])c([2H])c(C)c([2H])c3n4-c3cccc(-c4ccccc4)c3)c([2H])c([2H])c1n2-c1cccc(-c2ccccc2)c1.[2H]c1c([2H])c([2H])c2c(oc3c2c([2H])c([2H])c2c4c([2H])c([2H])c([2H])c([2H])c4n(-c4ccc(-c5nc(-c6ccccc6)nc(-c6ccccc6)n5)cc4)c32)c1[2H]. The van der Waals surface area contributed by atoms with Crippen molar-refractivity contribution < 1.29 is 71.9 Å². The summed E-state index contributed by atoms with van der Waals surface area (Å²) in [5.74, 6) is -0.876. The Kier molecular flexibility index (Phi) is 11.6. The largest absolute Gasteiger partial charge is 0.454 e. The smallest absolute Gasteiger partial charge is 0.164 e. The van der Waals surface area contributed by atoms with Crippen molar-refractivity contribution in [1.82, 2.24) is 48.2 Å². The van der Waals surface area contributed by atoms with Crippen molar-refractivity contribution in [3.63, 3.8) is 0 Å². The summed E-state index contributed by atoms with van der Waals surface area (Å²) in [6.07, 6.45) is 0. The van der Waals surface area contributed by atoms with Crippen LogP contribution in [0.1, 0.15) is 74.2 Å². The highest BCUT2D eigenvalue weighted by molar-refractivity contribution is 6.23. The lowest BCUT2D eigenvalue weighted by molar-refractivity contribution is 0.670. The average molecular weight is 1840 g/mol. The van der Waals surface area contributed by atoms with Crippen LogP contribution >= 0.6 is 0 Å². The normalized spacial score (nSPS) is 16.2. The van der Waals surface area contributed by atoms with Crippen molar-refractivity contribution in [1.29, 1.82) is 0 Å². The molecule has 0 saturated heterocycles. The van der Waals surface area contributed by atoms with Gasteiger partial charge in [0.05, 0.1) is 107 Å². The first-order valence-electron chi connectivity index (χ1n) is 66.5. The molecule has 0 saturated carbocycles. The molecule has 0 radical (unpaired) electrons. The lowest BCUT2D eigenvalue weighted by atomic mass is 10.0. The molecule has 8 aromatic heterocycles. The maximum absolute atomic E-state index is 9.88. The molecular weight excluding hydrogens is 1710 g/mol. The van der Waals surface area contributed by atoms with Crippen molar-refractivity contribution in [2.75, 3.05) is 0 Å². The molecule has 28 aromatic rings. The van der Waals surface area contributed by atoms with Gasteiger partial charge in [-0.3, -0.25) is 0 Å². The molecule has 0 spiro atoms. The molecule has 0 aliphatic rings. The molecule has 0 aliphatic carbocycles. The van der Waals surface area contributed by atoms with E-state index in [1.807, 2.05) is 140 Å². The predicted octanol–water partition coefficient (Wildman–Crippen LogP) is 33.2. The van der Waals surface area contributed by atoms with Gasteiger partial charge in [-0.1, -0.05) is 332 Å². The zero-order valence-electron chi connectivity index (χ0n) is 119. The van der Waals surface area contributed by atoms with Crippen LogP contribution in [0.2, 0.25) is 0 Å². The molecular formula is C128H84N10O2. The summed E-state index contributed by atoms with van der Waals surface area (Å²) in [5, 5.41) is -1.83. The van der Waals surface area contributed by atoms with Gasteiger partial charge < -0.3 is 27.1 Å². The lowest BCUT2D eigenvalue weighted by Gasteiger charge is -2.11. The maximum Gasteiger partial charge on any atom is 0.164 e. The van der Waals surface area contributed by atoms with Crippen LogP contribution in [-0.4, -0.2) is 48.2 Å². The minimum Gasteiger partial charge on any atom is -0.454 e. The van der Waals surface area contributed by atoms with Crippen LogP contribution in [0, 0.1) is 13.8 Å². The summed E-state index contributed by atoms with van der Waals surface area (Å²) in [6.45, 7) is 2.88. The van der Waals surface area contributed by atoms with Gasteiger partial charge in [0.2, 0.25) is 0 Å². The van der Waals surface area contributed by atoms with Crippen LogP contribution < -0.4 is 0 Å². The fourth-order valence-electron chi connectivity index (χ4n) is 17.3. The summed E-state index contributed by atoms with van der Waals surface area (Å²) in [4.78, 5) is 27.1. The van der Waals surface area contributed by atoms with Crippen molar-refractivity contribution in [3.8, 4) is 124 Å². The fourth-order valence-corrected chi connectivity index (χ4v) is 17.3. The monoisotopic (exact) mass is 1840 g/mol. The highest BCUT2D eigenvalue weighted by atomic mass is 16.3. The third kappa shape index (κ3) is 14.5. The van der Waals surface area contributed by atoms with Gasteiger partial charge in [0.1, 0.15) is 11.2 Å². The number of hydrogen-bond acceptors (Lipinski definition) is 8. The molecule has 0 N–H and O–H groups in total. The number of rotatable bonds is 13. The van der Waals surface area contributed by atoms with Crippen molar-refractivity contribution in [2.45, 2.75) is 13.8 Å².